The lowest BCUT2D eigenvalue weighted by molar-refractivity contribution is -0.757. The Balaban J connectivity index is 0.000000511. The lowest BCUT2D eigenvalue weighted by Crippen LogP contribution is -2.45. The van der Waals surface area contributed by atoms with Gasteiger partial charge in [-0.05, 0) is 217 Å². The Bertz CT molecular complexity index is 4090. The monoisotopic (exact) mass is 1690 g/mol. The quantitative estimate of drug-likeness (QED) is 0.00393. The van der Waals surface area contributed by atoms with Gasteiger partial charge in [0.1, 0.15) is 70.6 Å². The highest BCUT2D eigenvalue weighted by Crippen LogP contribution is 2.20. The normalized spacial score (nSPS) is 11.7. The Hall–Kier alpha value is -13.6. The highest BCUT2D eigenvalue weighted by Gasteiger charge is 2.27. The van der Waals surface area contributed by atoms with Crippen molar-refractivity contribution in [2.24, 2.45) is 39.4 Å². The Morgan fingerprint density at radius 3 is 1.18 bits per heavy atom. The Labute approximate surface area is 689 Å². The number of ether oxygens (including phenoxy) is 4. The lowest BCUT2D eigenvalue weighted by Gasteiger charge is -2.23. The van der Waals surface area contributed by atoms with Crippen LogP contribution in [0.15, 0.2) is 151 Å². The molecule has 5 unspecified atom stereocenters. The van der Waals surface area contributed by atoms with E-state index in [4.69, 9.17) is 53.3 Å². The van der Waals surface area contributed by atoms with Crippen LogP contribution in [0.2, 0.25) is 0 Å². The van der Waals surface area contributed by atoms with E-state index in [1.807, 2.05) is 0 Å². The largest absolute Gasteiger partial charge is 0.508 e. The number of nitrogens with one attached hydrogen (secondary N) is 2. The Morgan fingerprint density at radius 1 is 0.417 bits per heavy atom. The molecule has 5 atom stereocenters. The van der Waals surface area contributed by atoms with E-state index in [-0.39, 0.29) is 93.1 Å². The molecule has 6 aromatic rings. The molecule has 2 amide bonds. The zero-order chi connectivity index (χ0) is 89.4. The number of alkyl carbamates (subject to hydrolysis) is 1. The Kier molecular flexibility index (Phi) is 49.8. The summed E-state index contributed by atoms with van der Waals surface area (Å²) in [4.78, 5) is 147. The maximum absolute atomic E-state index is 12.4. The third-order valence-electron chi connectivity index (χ3n) is 15.8. The number of carbonyl (C=O) groups is 6. The van der Waals surface area contributed by atoms with Crippen molar-refractivity contribution >= 4 is 41.7 Å². The SMILES string of the molecule is CC(C)(C)OC(=O)NC(Cc1ccc(O)cc1)C(=O)OCCCCO[N+](=O)[O-].NC(Cc1ccc(O)cc1)C(=O)CCCCCO[N+](=O)[O-].NC(Cc1ccc(O)cc1)C(=O)Oc1ccc(CCCO[N+](=O)[O-])cc1.NC(Cc1ccc(O)cc1)C(=O)Oc1ccc(CCO[N+](=O)[O-])cc1.NC(N)=NCCCC(N)C(=O)NCCCCO[N+](=O)[O-]. The van der Waals surface area contributed by atoms with Gasteiger partial charge in [0.2, 0.25) is 5.91 Å². The van der Waals surface area contributed by atoms with Crippen molar-refractivity contribution in [2.75, 3.05) is 52.7 Å². The third kappa shape index (κ3) is 52.1. The number of hydrogen-bond donors (Lipinski definition) is 12. The first-order valence-electron chi connectivity index (χ1n) is 37.5. The predicted octanol–water partition coefficient (Wildman–Crippen LogP) is 6.06. The fourth-order valence-electron chi connectivity index (χ4n) is 9.81. The standard InChI is InChI=1S/C18H26N2O8.C18H20N2O6.C17H18N2O6.C14H20N2O5.C10H22N6O4/c1-18(2,3)28-17(23)19-15(12-13-6-8-14(21)9-7-13)16(22)26-10-4-5-11-27-20(24)25;19-17(12-14-3-7-15(21)8-4-14)18(22)26-16-9-5-13(6-10-16)2-1-11-25-20(23)24;18-16(11-13-1-5-14(20)6-2-13)17(21)25-15-7-3-12(4-8-15)9-10-24-19(22)23;15-13(10-11-5-7-12(17)8-6-11)14(18)4-2-1-3-9-21-16(19)20;11-8(4-3-6-15-10(12)13)9(17)14-5-1-2-7-20-16(18)19/h6-9,15,21H,4-5,10-12H2,1-3H3,(H,19,23);3-10,17,21H,1-2,11-12,19H2;1-8,16,20H,9-11,18H2;5-8,13,17H,1-4,9-10,15H2;8H,1-7,11H2,(H,14,17)(H4,12,13,15). The van der Waals surface area contributed by atoms with Crippen molar-refractivity contribution in [1.82, 2.24) is 10.6 Å². The maximum Gasteiger partial charge on any atom is 0.408 e. The minimum atomic E-state index is -0.991. The first-order chi connectivity index (χ1) is 56.9. The molecule has 0 fully saturated rings. The second-order valence-electron chi connectivity index (χ2n) is 27.0. The number of nitrogens with zero attached hydrogens (tertiary/aromatic N) is 6. The predicted molar refractivity (Wildman–Crippen MR) is 429 cm³/mol. The number of benzene rings is 6. The smallest absolute Gasteiger partial charge is 0.408 e. The number of guanidine groups is 1. The fourth-order valence-corrected chi connectivity index (χ4v) is 9.81. The highest BCUT2D eigenvalue weighted by atomic mass is 17.0. The first-order valence-corrected chi connectivity index (χ1v) is 37.5. The van der Waals surface area contributed by atoms with Crippen LogP contribution < -0.4 is 54.5 Å². The molecule has 0 spiro atoms. The second-order valence-corrected chi connectivity index (χ2v) is 27.0. The van der Waals surface area contributed by atoms with E-state index >= 15 is 0 Å². The summed E-state index contributed by atoms with van der Waals surface area (Å²) in [5.74, 6) is -0.791. The molecule has 0 aliphatic heterocycles. The van der Waals surface area contributed by atoms with E-state index < -0.39 is 85.2 Å². The van der Waals surface area contributed by atoms with Gasteiger partial charge in [-0.2, -0.15) is 0 Å². The molecule has 0 aliphatic carbocycles. The van der Waals surface area contributed by atoms with Gasteiger partial charge in [-0.3, -0.25) is 14.6 Å². The summed E-state index contributed by atoms with van der Waals surface area (Å²) in [5, 5.41) is 87.9. The number of amides is 2. The van der Waals surface area contributed by atoms with Crippen molar-refractivity contribution in [3.63, 3.8) is 0 Å². The van der Waals surface area contributed by atoms with Crippen LogP contribution in [0.25, 0.3) is 0 Å². The van der Waals surface area contributed by atoms with Crippen LogP contribution in [0.1, 0.15) is 125 Å². The Morgan fingerprint density at radius 2 is 0.775 bits per heavy atom. The van der Waals surface area contributed by atoms with Crippen LogP contribution in [0, 0.1) is 50.6 Å². The number of nitrogens with two attached hydrogens (primary N) is 6. The zero-order valence-corrected chi connectivity index (χ0v) is 66.6. The topological polar surface area (TPSA) is 675 Å². The van der Waals surface area contributed by atoms with Crippen LogP contribution in [0.5, 0.6) is 34.5 Å². The average molecular weight is 1690 g/mol. The third-order valence-corrected chi connectivity index (χ3v) is 15.8. The maximum atomic E-state index is 12.4. The molecule has 6 aromatic carbocycles. The summed E-state index contributed by atoms with van der Waals surface area (Å²) in [6.07, 6.45) is 7.01. The van der Waals surface area contributed by atoms with Gasteiger partial charge in [-0.1, -0.05) is 79.2 Å². The van der Waals surface area contributed by atoms with Crippen LogP contribution in [0.3, 0.4) is 0 Å². The van der Waals surface area contributed by atoms with Crippen molar-refractivity contribution in [2.45, 2.75) is 166 Å². The minimum Gasteiger partial charge on any atom is -0.508 e. The number of hydrogen-bond acceptors (Lipinski definition) is 34. The van der Waals surface area contributed by atoms with Crippen LogP contribution in [-0.2, 0) is 96.2 Å². The van der Waals surface area contributed by atoms with E-state index in [1.54, 1.807) is 130 Å². The number of phenolic OH excluding ortho intramolecular Hbond substituents is 4. The molecule has 120 heavy (non-hydrogen) atoms. The zero-order valence-electron chi connectivity index (χ0n) is 66.6. The first kappa shape index (κ1) is 103. The molecule has 43 heteroatoms. The molecule has 6 rings (SSSR count). The van der Waals surface area contributed by atoms with E-state index in [0.717, 1.165) is 27.8 Å². The van der Waals surface area contributed by atoms with Crippen molar-refractivity contribution in [3.05, 3.63) is 230 Å². The number of ketones is 1. The van der Waals surface area contributed by atoms with Gasteiger partial charge in [0.05, 0.1) is 45.1 Å². The molecular weight excluding hydrogens is 1580 g/mol. The average Bonchev–Trinajstić information content (AvgIpc) is 0.876. The summed E-state index contributed by atoms with van der Waals surface area (Å²) in [6, 6.07) is 35.2. The molecular formula is C77H106N14O29. The van der Waals surface area contributed by atoms with Gasteiger partial charge in [0.25, 0.3) is 25.4 Å². The number of rotatable bonds is 48. The molecule has 0 aliphatic rings. The molecule has 0 aromatic heterocycles. The van der Waals surface area contributed by atoms with Crippen molar-refractivity contribution in [3.8, 4) is 34.5 Å². The lowest BCUT2D eigenvalue weighted by atomic mass is 9.99. The number of aryl methyl sites for hydroxylation is 1. The summed E-state index contributed by atoms with van der Waals surface area (Å²) in [6.45, 7) is 5.96. The van der Waals surface area contributed by atoms with Gasteiger partial charge in [-0.15, -0.1) is 50.6 Å². The summed E-state index contributed by atoms with van der Waals surface area (Å²) < 4.78 is 20.8. The molecule has 0 saturated carbocycles. The molecule has 0 radical (unpaired) electrons. The summed E-state index contributed by atoms with van der Waals surface area (Å²) >= 11 is 0. The summed E-state index contributed by atoms with van der Waals surface area (Å²) in [7, 11) is 0. The number of aliphatic imine (C=N–C) groups is 1. The number of carbonyl (C=O) groups excluding carboxylic acids is 6. The van der Waals surface area contributed by atoms with Gasteiger partial charge in [-0.25, -0.2) is 19.2 Å². The number of esters is 3. The highest BCUT2D eigenvalue weighted by molar-refractivity contribution is 5.84. The van der Waals surface area contributed by atoms with Gasteiger partial charge >= 0.3 is 24.0 Å². The van der Waals surface area contributed by atoms with Gasteiger partial charge in [0.15, 0.2) is 5.96 Å². The molecule has 0 saturated heterocycles. The van der Waals surface area contributed by atoms with Crippen molar-refractivity contribution < 1.29 is 118 Å². The molecule has 0 bridgehead atoms. The molecule has 43 nitrogen and oxygen atoms in total. The minimum absolute atomic E-state index is 0.0139. The van der Waals surface area contributed by atoms with Gasteiger partial charge in [0, 0.05) is 25.9 Å². The van der Waals surface area contributed by atoms with E-state index in [2.05, 4.69) is 39.8 Å². The van der Waals surface area contributed by atoms with E-state index in [0.29, 0.717) is 126 Å². The second kappa shape index (κ2) is 58.3. The van der Waals surface area contributed by atoms with Gasteiger partial charge < -0.3 is 109 Å². The van der Waals surface area contributed by atoms with Crippen LogP contribution >= 0.6 is 0 Å². The fraction of sp³-hybridized carbons (Fsp3) is 0.442. The number of phenols is 4. The van der Waals surface area contributed by atoms with E-state index in [9.17, 15) is 99.8 Å². The molecule has 658 valence electrons. The number of unbranched alkanes of at least 4 members (excludes halogenated alkanes) is 4. The number of Topliss-reactive ketones (excluding diaryl/α,β-unsaturated/α-hetero) is 1. The number of aromatic hydroxyl groups is 4. The summed E-state index contributed by atoms with van der Waals surface area (Å²) in [5.41, 5.74) is 37.8. The van der Waals surface area contributed by atoms with Crippen molar-refractivity contribution in [1.29, 1.82) is 0 Å². The van der Waals surface area contributed by atoms with E-state index in [1.165, 1.54) is 36.4 Å². The van der Waals surface area contributed by atoms with Crippen LogP contribution in [-0.4, -0.2) is 176 Å². The molecule has 18 N–H and O–H groups in total. The molecule has 0 heterocycles. The van der Waals surface area contributed by atoms with Crippen LogP contribution in [0.4, 0.5) is 4.79 Å².